The van der Waals surface area contributed by atoms with Crippen LogP contribution in [0.1, 0.15) is 20.7 Å². The molecule has 1 aromatic rings. The lowest BCUT2D eigenvalue weighted by molar-refractivity contribution is 0.0687. The van der Waals surface area contributed by atoms with Crippen LogP contribution in [-0.2, 0) is 0 Å². The van der Waals surface area contributed by atoms with Gasteiger partial charge in [0.25, 0.3) is 0 Å². The predicted octanol–water partition coefficient (Wildman–Crippen LogP) is 0.623. The minimum atomic E-state index is -1.51. The maximum atomic E-state index is 12.9. The first kappa shape index (κ1) is 9.18. The third kappa shape index (κ3) is 1.64. The predicted molar refractivity (Wildman–Crippen MR) is 41.9 cm³/mol. The number of carbonyl (C=O) groups is 2. The number of hydrogen-bond acceptors (Lipinski definition) is 2. The smallest absolute Gasteiger partial charge is 0.339 e. The van der Waals surface area contributed by atoms with E-state index in [0.29, 0.717) is 0 Å². The minimum Gasteiger partial charge on any atom is -0.478 e. The van der Waals surface area contributed by atoms with Crippen LogP contribution in [-0.4, -0.2) is 17.0 Å². The quantitative estimate of drug-likeness (QED) is 0.705. The van der Waals surface area contributed by atoms with Gasteiger partial charge in [-0.05, 0) is 12.1 Å². The molecule has 3 N–H and O–H groups in total. The summed E-state index contributed by atoms with van der Waals surface area (Å²) in [6, 6.07) is 3.34. The Bertz CT molecular complexity index is 376. The maximum Gasteiger partial charge on any atom is 0.339 e. The number of carboxylic acids is 1. The molecule has 13 heavy (non-hydrogen) atoms. The molecule has 0 bridgehead atoms. The fraction of sp³-hybridized carbons (Fsp3) is 0. The molecule has 0 saturated heterocycles. The first-order valence-corrected chi connectivity index (χ1v) is 3.35. The van der Waals surface area contributed by atoms with Gasteiger partial charge < -0.3 is 10.8 Å². The largest absolute Gasteiger partial charge is 0.478 e. The van der Waals surface area contributed by atoms with E-state index >= 15 is 0 Å². The van der Waals surface area contributed by atoms with Crippen molar-refractivity contribution in [2.75, 3.05) is 0 Å². The highest BCUT2D eigenvalue weighted by Crippen LogP contribution is 2.12. The molecule has 5 heteroatoms. The normalized spacial score (nSPS) is 9.62. The van der Waals surface area contributed by atoms with Gasteiger partial charge in [0.15, 0.2) is 0 Å². The van der Waals surface area contributed by atoms with Crippen molar-refractivity contribution in [1.82, 2.24) is 0 Å². The highest BCUT2D eigenvalue weighted by molar-refractivity contribution is 6.04. The lowest BCUT2D eigenvalue weighted by atomic mass is 10.1. The molecule has 1 aromatic carbocycles. The van der Waals surface area contributed by atoms with Crippen LogP contribution >= 0.6 is 0 Å². The Morgan fingerprint density at radius 1 is 1.38 bits per heavy atom. The molecule has 0 aliphatic carbocycles. The van der Waals surface area contributed by atoms with E-state index in [1.54, 1.807) is 0 Å². The van der Waals surface area contributed by atoms with E-state index < -0.39 is 23.3 Å². The number of carboxylic acid groups (broad SMARTS) is 1. The van der Waals surface area contributed by atoms with Crippen molar-refractivity contribution in [3.63, 3.8) is 0 Å². The summed E-state index contributed by atoms with van der Waals surface area (Å²) in [5.74, 6) is -3.44. The summed E-state index contributed by atoms with van der Waals surface area (Å²) in [6.07, 6.45) is 0. The third-order valence-corrected chi connectivity index (χ3v) is 1.49. The molecule has 0 radical (unpaired) electrons. The summed E-state index contributed by atoms with van der Waals surface area (Å²) < 4.78 is 12.9. The third-order valence-electron chi connectivity index (χ3n) is 1.49. The van der Waals surface area contributed by atoms with E-state index in [2.05, 4.69) is 0 Å². The highest BCUT2D eigenvalue weighted by atomic mass is 19.1. The molecule has 68 valence electrons. The second kappa shape index (κ2) is 3.22. The topological polar surface area (TPSA) is 80.4 Å². The summed E-state index contributed by atoms with van der Waals surface area (Å²) in [4.78, 5) is 21.2. The molecular weight excluding hydrogens is 177 g/mol. The van der Waals surface area contributed by atoms with E-state index in [0.717, 1.165) is 12.1 Å². The fourth-order valence-electron chi connectivity index (χ4n) is 0.947. The Hall–Kier alpha value is -1.91. The summed E-state index contributed by atoms with van der Waals surface area (Å²) in [7, 11) is 0. The monoisotopic (exact) mass is 183 g/mol. The fourth-order valence-corrected chi connectivity index (χ4v) is 0.947. The van der Waals surface area contributed by atoms with Gasteiger partial charge in [-0.25, -0.2) is 9.18 Å². The zero-order valence-corrected chi connectivity index (χ0v) is 6.45. The Morgan fingerprint density at radius 2 is 2.00 bits per heavy atom. The van der Waals surface area contributed by atoms with E-state index in [1.165, 1.54) is 6.07 Å². The number of nitrogens with two attached hydrogens (primary N) is 1. The van der Waals surface area contributed by atoms with Gasteiger partial charge in [0.1, 0.15) is 11.4 Å². The maximum absolute atomic E-state index is 12.9. The van der Waals surface area contributed by atoms with Gasteiger partial charge in [0, 0.05) is 0 Å². The second-order valence-corrected chi connectivity index (χ2v) is 2.33. The van der Waals surface area contributed by atoms with Crippen LogP contribution in [0.15, 0.2) is 18.2 Å². The minimum absolute atomic E-state index is 0.326. The van der Waals surface area contributed by atoms with Gasteiger partial charge in [-0.3, -0.25) is 4.79 Å². The molecule has 0 unspecified atom stereocenters. The number of halogens is 1. The van der Waals surface area contributed by atoms with Crippen molar-refractivity contribution < 1.29 is 19.1 Å². The molecule has 0 aliphatic rings. The molecule has 0 saturated carbocycles. The molecule has 1 amide bonds. The van der Waals surface area contributed by atoms with Gasteiger partial charge >= 0.3 is 5.97 Å². The molecular formula is C8H6FNO3. The van der Waals surface area contributed by atoms with E-state index in [4.69, 9.17) is 10.8 Å². The van der Waals surface area contributed by atoms with Gasteiger partial charge in [0.05, 0.1) is 5.56 Å². The highest BCUT2D eigenvalue weighted by Gasteiger charge is 2.18. The number of rotatable bonds is 2. The van der Waals surface area contributed by atoms with Crippen LogP contribution in [0, 0.1) is 5.82 Å². The average molecular weight is 183 g/mol. The van der Waals surface area contributed by atoms with Crippen LogP contribution in [0.5, 0.6) is 0 Å². The van der Waals surface area contributed by atoms with E-state index in [1.807, 2.05) is 0 Å². The summed E-state index contributed by atoms with van der Waals surface area (Å²) in [5.41, 5.74) is 3.84. The summed E-state index contributed by atoms with van der Waals surface area (Å²) >= 11 is 0. The van der Waals surface area contributed by atoms with Gasteiger partial charge in [-0.1, -0.05) is 6.07 Å². The van der Waals surface area contributed by atoms with Crippen molar-refractivity contribution in [3.05, 3.63) is 35.1 Å². The molecule has 0 atom stereocenters. The SMILES string of the molecule is NC(=O)c1cccc(F)c1C(=O)O. The van der Waals surface area contributed by atoms with Crippen molar-refractivity contribution >= 4 is 11.9 Å². The molecule has 0 aliphatic heterocycles. The first-order valence-electron chi connectivity index (χ1n) is 3.35. The lowest BCUT2D eigenvalue weighted by Gasteiger charge is -2.01. The Morgan fingerprint density at radius 3 is 2.38 bits per heavy atom. The van der Waals surface area contributed by atoms with Crippen LogP contribution in [0.2, 0.25) is 0 Å². The Labute approximate surface area is 72.8 Å². The number of primary amides is 1. The number of aromatic carboxylic acids is 1. The number of carbonyl (C=O) groups excluding carboxylic acids is 1. The van der Waals surface area contributed by atoms with Gasteiger partial charge in [-0.2, -0.15) is 0 Å². The van der Waals surface area contributed by atoms with Crippen LogP contribution in [0.3, 0.4) is 0 Å². The number of benzene rings is 1. The lowest BCUT2D eigenvalue weighted by Crippen LogP contribution is -2.17. The molecule has 0 spiro atoms. The van der Waals surface area contributed by atoms with Gasteiger partial charge in [0.2, 0.25) is 5.91 Å². The Balaban J connectivity index is 3.43. The Kier molecular flexibility index (Phi) is 2.27. The van der Waals surface area contributed by atoms with Crippen molar-refractivity contribution in [2.24, 2.45) is 5.73 Å². The summed E-state index contributed by atoms with van der Waals surface area (Å²) in [6.45, 7) is 0. The molecule has 4 nitrogen and oxygen atoms in total. The number of amides is 1. The van der Waals surface area contributed by atoms with Crippen LogP contribution in [0.4, 0.5) is 4.39 Å². The van der Waals surface area contributed by atoms with Crippen molar-refractivity contribution in [2.45, 2.75) is 0 Å². The molecule has 0 fully saturated rings. The first-order chi connectivity index (χ1) is 6.04. The van der Waals surface area contributed by atoms with Crippen LogP contribution in [0.25, 0.3) is 0 Å². The second-order valence-electron chi connectivity index (χ2n) is 2.33. The standard InChI is InChI=1S/C8H6FNO3/c9-5-3-1-2-4(7(10)11)6(5)8(12)13/h1-3H,(H2,10,11)(H,12,13). The molecule has 1 rings (SSSR count). The average Bonchev–Trinajstić information content (AvgIpc) is 2.02. The van der Waals surface area contributed by atoms with Crippen molar-refractivity contribution in [3.8, 4) is 0 Å². The van der Waals surface area contributed by atoms with Crippen molar-refractivity contribution in [1.29, 1.82) is 0 Å². The van der Waals surface area contributed by atoms with Crippen LogP contribution < -0.4 is 5.73 Å². The zero-order valence-electron chi connectivity index (χ0n) is 6.45. The zero-order chi connectivity index (χ0) is 10.0. The number of hydrogen-bond donors (Lipinski definition) is 2. The van der Waals surface area contributed by atoms with E-state index in [-0.39, 0.29) is 5.56 Å². The van der Waals surface area contributed by atoms with Gasteiger partial charge in [-0.15, -0.1) is 0 Å². The molecule has 0 aromatic heterocycles. The molecule has 0 heterocycles. The van der Waals surface area contributed by atoms with E-state index in [9.17, 15) is 14.0 Å². The summed E-state index contributed by atoms with van der Waals surface area (Å²) in [5, 5.41) is 8.55.